The highest BCUT2D eigenvalue weighted by Gasteiger charge is 2.10. The molecule has 0 unspecified atom stereocenters. The predicted octanol–water partition coefficient (Wildman–Crippen LogP) is 5.64. The van der Waals surface area contributed by atoms with Crippen LogP contribution in [-0.2, 0) is 4.74 Å². The fourth-order valence-corrected chi connectivity index (χ4v) is 2.70. The summed E-state index contributed by atoms with van der Waals surface area (Å²) in [6, 6.07) is 10.6. The summed E-state index contributed by atoms with van der Waals surface area (Å²) in [5.74, 6) is 0.403. The Labute approximate surface area is 129 Å². The number of hydrogen-bond donors (Lipinski definition) is 0. The van der Waals surface area contributed by atoms with Crippen LogP contribution < -0.4 is 0 Å². The maximum atomic E-state index is 5.90. The number of benzene rings is 1. The summed E-state index contributed by atoms with van der Waals surface area (Å²) in [7, 11) is 0. The van der Waals surface area contributed by atoms with E-state index in [2.05, 4.69) is 61.6 Å². The molecule has 21 heavy (non-hydrogen) atoms. The molecule has 0 radical (unpaired) electrons. The van der Waals surface area contributed by atoms with E-state index in [1.165, 1.54) is 44.1 Å². The van der Waals surface area contributed by atoms with Gasteiger partial charge in [0.15, 0.2) is 0 Å². The molecule has 2 rings (SSSR count). The fourth-order valence-electron chi connectivity index (χ4n) is 2.70. The zero-order chi connectivity index (χ0) is 14.8. The minimum absolute atomic E-state index is 0.167. The summed E-state index contributed by atoms with van der Waals surface area (Å²) in [5.41, 5.74) is 1.35. The lowest BCUT2D eigenvalue weighted by atomic mass is 9.94. The van der Waals surface area contributed by atoms with E-state index in [-0.39, 0.29) is 6.10 Å². The molecule has 0 saturated heterocycles. The number of hydrogen-bond acceptors (Lipinski definition) is 1. The van der Waals surface area contributed by atoms with Crippen LogP contribution in [0.4, 0.5) is 0 Å². The van der Waals surface area contributed by atoms with Crippen LogP contribution in [0.1, 0.15) is 56.9 Å². The van der Waals surface area contributed by atoms with Crippen molar-refractivity contribution in [2.45, 2.75) is 57.5 Å². The molecule has 114 valence electrons. The summed E-state index contributed by atoms with van der Waals surface area (Å²) in [4.78, 5) is 0. The van der Waals surface area contributed by atoms with E-state index in [1.54, 1.807) is 0 Å². The van der Waals surface area contributed by atoms with Gasteiger partial charge in [0.25, 0.3) is 0 Å². The SMILES string of the molecule is CCCCCCCCOC1C=CC(c2ccccc2)C=C1. The van der Waals surface area contributed by atoms with Crippen molar-refractivity contribution >= 4 is 0 Å². The maximum Gasteiger partial charge on any atom is 0.0938 e. The molecule has 1 aromatic carbocycles. The fraction of sp³-hybridized carbons (Fsp3) is 0.500. The Kier molecular flexibility index (Phi) is 7.31. The lowest BCUT2D eigenvalue weighted by Gasteiger charge is -2.17. The summed E-state index contributed by atoms with van der Waals surface area (Å²) in [6.07, 6.45) is 16.9. The summed E-state index contributed by atoms with van der Waals surface area (Å²) < 4.78 is 5.90. The van der Waals surface area contributed by atoms with Gasteiger partial charge in [-0.3, -0.25) is 0 Å². The van der Waals surface area contributed by atoms with E-state index in [0.717, 1.165) is 6.61 Å². The Morgan fingerprint density at radius 2 is 1.48 bits per heavy atom. The Morgan fingerprint density at radius 1 is 0.810 bits per heavy atom. The van der Waals surface area contributed by atoms with Crippen LogP contribution in [0, 0.1) is 0 Å². The topological polar surface area (TPSA) is 9.23 Å². The average Bonchev–Trinajstić information content (AvgIpc) is 2.55. The van der Waals surface area contributed by atoms with E-state index in [0.29, 0.717) is 5.92 Å². The zero-order valence-corrected chi connectivity index (χ0v) is 13.2. The van der Waals surface area contributed by atoms with Gasteiger partial charge in [0, 0.05) is 12.5 Å². The molecular weight excluding hydrogens is 256 g/mol. The average molecular weight is 284 g/mol. The normalized spacial score (nSPS) is 20.8. The lowest BCUT2D eigenvalue weighted by Crippen LogP contribution is -2.11. The van der Waals surface area contributed by atoms with Crippen molar-refractivity contribution < 1.29 is 4.74 Å². The number of unbranched alkanes of at least 4 members (excludes halogenated alkanes) is 5. The molecule has 0 bridgehead atoms. The van der Waals surface area contributed by atoms with Crippen LogP contribution in [0.5, 0.6) is 0 Å². The van der Waals surface area contributed by atoms with Gasteiger partial charge in [-0.05, 0) is 12.0 Å². The zero-order valence-electron chi connectivity index (χ0n) is 13.2. The summed E-state index contributed by atoms with van der Waals surface area (Å²) >= 11 is 0. The van der Waals surface area contributed by atoms with Crippen molar-refractivity contribution in [2.24, 2.45) is 0 Å². The first-order chi connectivity index (χ1) is 10.4. The molecule has 0 saturated carbocycles. The molecule has 0 spiro atoms. The second-order valence-corrected chi connectivity index (χ2v) is 5.81. The van der Waals surface area contributed by atoms with Crippen LogP contribution in [0.3, 0.4) is 0 Å². The van der Waals surface area contributed by atoms with Gasteiger partial charge in [-0.2, -0.15) is 0 Å². The Morgan fingerprint density at radius 3 is 2.19 bits per heavy atom. The predicted molar refractivity (Wildman–Crippen MR) is 90.6 cm³/mol. The van der Waals surface area contributed by atoms with E-state index in [4.69, 9.17) is 4.74 Å². The van der Waals surface area contributed by atoms with Gasteiger partial charge in [-0.25, -0.2) is 0 Å². The van der Waals surface area contributed by atoms with Crippen LogP contribution in [0.15, 0.2) is 54.6 Å². The van der Waals surface area contributed by atoms with E-state index >= 15 is 0 Å². The molecule has 1 aliphatic carbocycles. The molecule has 1 nitrogen and oxygen atoms in total. The van der Waals surface area contributed by atoms with Crippen molar-refractivity contribution in [1.29, 1.82) is 0 Å². The van der Waals surface area contributed by atoms with Gasteiger partial charge in [-0.1, -0.05) is 93.7 Å². The van der Waals surface area contributed by atoms with Crippen LogP contribution in [0.2, 0.25) is 0 Å². The molecule has 1 aliphatic rings. The smallest absolute Gasteiger partial charge is 0.0938 e. The Balaban J connectivity index is 1.61. The quantitative estimate of drug-likeness (QED) is 0.421. The van der Waals surface area contributed by atoms with Gasteiger partial charge in [0.2, 0.25) is 0 Å². The first-order valence-electron chi connectivity index (χ1n) is 8.43. The Bertz CT molecular complexity index is 418. The highest BCUT2D eigenvalue weighted by atomic mass is 16.5. The third-order valence-corrected chi connectivity index (χ3v) is 4.01. The third-order valence-electron chi connectivity index (χ3n) is 4.01. The molecule has 0 heterocycles. The van der Waals surface area contributed by atoms with Crippen molar-refractivity contribution in [3.8, 4) is 0 Å². The van der Waals surface area contributed by atoms with Gasteiger partial charge < -0.3 is 4.74 Å². The minimum Gasteiger partial charge on any atom is -0.370 e. The summed E-state index contributed by atoms with van der Waals surface area (Å²) in [5, 5.41) is 0. The van der Waals surface area contributed by atoms with E-state index in [9.17, 15) is 0 Å². The third kappa shape index (κ3) is 5.89. The highest BCUT2D eigenvalue weighted by Crippen LogP contribution is 2.23. The van der Waals surface area contributed by atoms with Crippen molar-refractivity contribution in [2.75, 3.05) is 6.61 Å². The van der Waals surface area contributed by atoms with Gasteiger partial charge >= 0.3 is 0 Å². The van der Waals surface area contributed by atoms with Crippen molar-refractivity contribution in [3.63, 3.8) is 0 Å². The maximum absolute atomic E-state index is 5.90. The molecule has 0 atom stereocenters. The summed E-state index contributed by atoms with van der Waals surface area (Å²) in [6.45, 7) is 3.13. The second kappa shape index (κ2) is 9.57. The molecule has 0 amide bonds. The molecule has 0 N–H and O–H groups in total. The first kappa shape index (κ1) is 16.0. The monoisotopic (exact) mass is 284 g/mol. The standard InChI is InChI=1S/C20H28O/c1-2-3-4-5-6-10-17-21-20-15-13-19(14-16-20)18-11-8-7-9-12-18/h7-9,11-16,19-20H,2-6,10,17H2,1H3. The van der Waals surface area contributed by atoms with E-state index < -0.39 is 0 Å². The largest absolute Gasteiger partial charge is 0.370 e. The second-order valence-electron chi connectivity index (χ2n) is 5.81. The Hall–Kier alpha value is -1.34. The number of rotatable bonds is 9. The molecule has 0 fully saturated rings. The number of ether oxygens (including phenoxy) is 1. The van der Waals surface area contributed by atoms with Crippen LogP contribution >= 0.6 is 0 Å². The first-order valence-corrected chi connectivity index (χ1v) is 8.43. The van der Waals surface area contributed by atoms with Gasteiger partial charge in [0.1, 0.15) is 0 Å². The highest BCUT2D eigenvalue weighted by molar-refractivity contribution is 5.32. The van der Waals surface area contributed by atoms with Crippen LogP contribution in [-0.4, -0.2) is 12.7 Å². The molecule has 0 aliphatic heterocycles. The number of allylic oxidation sites excluding steroid dienone is 2. The van der Waals surface area contributed by atoms with Gasteiger partial charge in [-0.15, -0.1) is 0 Å². The molecule has 1 heteroatoms. The molecule has 1 aromatic rings. The van der Waals surface area contributed by atoms with Crippen molar-refractivity contribution in [1.82, 2.24) is 0 Å². The van der Waals surface area contributed by atoms with E-state index in [1.807, 2.05) is 0 Å². The molecule has 0 aromatic heterocycles. The van der Waals surface area contributed by atoms with Crippen LogP contribution in [0.25, 0.3) is 0 Å². The van der Waals surface area contributed by atoms with Gasteiger partial charge in [0.05, 0.1) is 6.10 Å². The van der Waals surface area contributed by atoms with Crippen molar-refractivity contribution in [3.05, 3.63) is 60.2 Å². The lowest BCUT2D eigenvalue weighted by molar-refractivity contribution is 0.110. The molecular formula is C20H28O. The minimum atomic E-state index is 0.167.